The van der Waals surface area contributed by atoms with Gasteiger partial charge in [-0.25, -0.2) is 15.0 Å². The standard InChI is InChI=1S/C17H22N2O4/c1-3-4-10-15(19(17(22)23)18-16(20)21)13(2)11-12-14-8-6-5-7-9-14/h5-11,18H,3-4,12H2,1-2H3,(H,20,21)(H,22,23)/b13-11+,15-10+. The zero-order valence-electron chi connectivity index (χ0n) is 13.3. The molecular weight excluding hydrogens is 296 g/mol. The molecule has 0 spiro atoms. The molecular formula is C17H22N2O4. The molecule has 0 bridgehead atoms. The molecule has 0 fully saturated rings. The summed E-state index contributed by atoms with van der Waals surface area (Å²) in [4.78, 5) is 22.2. The second-order valence-corrected chi connectivity index (χ2v) is 4.99. The number of amides is 2. The lowest BCUT2D eigenvalue weighted by Crippen LogP contribution is -2.44. The average Bonchev–Trinajstić information content (AvgIpc) is 2.52. The van der Waals surface area contributed by atoms with Crippen LogP contribution in [0.4, 0.5) is 9.59 Å². The van der Waals surface area contributed by atoms with Gasteiger partial charge in [0.25, 0.3) is 0 Å². The van der Waals surface area contributed by atoms with Crippen LogP contribution in [0.25, 0.3) is 0 Å². The number of carbonyl (C=O) groups is 2. The minimum Gasteiger partial charge on any atom is -0.464 e. The smallest absolute Gasteiger partial charge is 0.431 e. The molecule has 2 amide bonds. The molecule has 3 N–H and O–H groups in total. The molecule has 1 aromatic carbocycles. The van der Waals surface area contributed by atoms with E-state index in [1.54, 1.807) is 13.0 Å². The molecule has 1 aromatic rings. The number of carboxylic acid groups (broad SMARTS) is 2. The van der Waals surface area contributed by atoms with Crippen LogP contribution < -0.4 is 5.43 Å². The summed E-state index contributed by atoms with van der Waals surface area (Å²) >= 11 is 0. The first-order valence-electron chi connectivity index (χ1n) is 7.39. The summed E-state index contributed by atoms with van der Waals surface area (Å²) in [5.74, 6) is 0. The van der Waals surface area contributed by atoms with Crippen LogP contribution in [-0.4, -0.2) is 27.4 Å². The third-order valence-electron chi connectivity index (χ3n) is 3.16. The zero-order chi connectivity index (χ0) is 17.2. The van der Waals surface area contributed by atoms with Crippen LogP contribution in [-0.2, 0) is 6.42 Å². The number of hydrogen-bond acceptors (Lipinski definition) is 2. The summed E-state index contributed by atoms with van der Waals surface area (Å²) in [6.45, 7) is 3.73. The molecule has 0 heterocycles. The van der Waals surface area contributed by atoms with Gasteiger partial charge in [0, 0.05) is 0 Å². The van der Waals surface area contributed by atoms with Crippen molar-refractivity contribution >= 4 is 12.2 Å². The molecule has 0 aliphatic heterocycles. The number of nitrogens with zero attached hydrogens (tertiary/aromatic N) is 1. The van der Waals surface area contributed by atoms with Gasteiger partial charge >= 0.3 is 12.2 Å². The highest BCUT2D eigenvalue weighted by Crippen LogP contribution is 2.16. The Bertz CT molecular complexity index is 594. The second-order valence-electron chi connectivity index (χ2n) is 4.99. The molecule has 6 heteroatoms. The molecule has 0 saturated heterocycles. The van der Waals surface area contributed by atoms with Gasteiger partial charge in [0.1, 0.15) is 0 Å². The van der Waals surface area contributed by atoms with Gasteiger partial charge in [-0.1, -0.05) is 55.8 Å². The molecule has 0 aliphatic rings. The maximum Gasteiger partial charge on any atom is 0.431 e. The molecule has 0 atom stereocenters. The molecule has 6 nitrogen and oxygen atoms in total. The predicted octanol–water partition coefficient (Wildman–Crippen LogP) is 4.02. The topological polar surface area (TPSA) is 89.9 Å². The molecule has 0 aliphatic carbocycles. The molecule has 0 aromatic heterocycles. The normalized spacial score (nSPS) is 11.9. The van der Waals surface area contributed by atoms with Crippen LogP contribution in [0.1, 0.15) is 32.3 Å². The minimum atomic E-state index is -1.43. The summed E-state index contributed by atoms with van der Waals surface area (Å²) in [7, 11) is 0. The first-order chi connectivity index (χ1) is 11.0. The second kappa shape index (κ2) is 9.30. The summed E-state index contributed by atoms with van der Waals surface area (Å²) in [5.41, 5.74) is 4.03. The van der Waals surface area contributed by atoms with Crippen molar-refractivity contribution in [3.8, 4) is 0 Å². The van der Waals surface area contributed by atoms with Crippen LogP contribution in [0.2, 0.25) is 0 Å². The van der Waals surface area contributed by atoms with Crippen molar-refractivity contribution in [3.63, 3.8) is 0 Å². The average molecular weight is 318 g/mol. The molecule has 124 valence electrons. The van der Waals surface area contributed by atoms with Gasteiger partial charge in [-0.05, 0) is 30.9 Å². The Labute approximate surface area is 135 Å². The van der Waals surface area contributed by atoms with Gasteiger partial charge in [0.05, 0.1) is 5.70 Å². The van der Waals surface area contributed by atoms with Crippen molar-refractivity contribution in [2.75, 3.05) is 0 Å². The van der Waals surface area contributed by atoms with Crippen molar-refractivity contribution in [1.82, 2.24) is 10.4 Å². The number of allylic oxidation sites excluding steroid dienone is 3. The highest BCUT2D eigenvalue weighted by molar-refractivity contribution is 5.74. The van der Waals surface area contributed by atoms with Crippen LogP contribution in [0.5, 0.6) is 0 Å². The molecule has 23 heavy (non-hydrogen) atoms. The highest BCUT2D eigenvalue weighted by Gasteiger charge is 2.20. The zero-order valence-corrected chi connectivity index (χ0v) is 13.3. The van der Waals surface area contributed by atoms with Gasteiger partial charge < -0.3 is 10.2 Å². The molecule has 0 saturated carbocycles. The quantitative estimate of drug-likeness (QED) is 0.546. The van der Waals surface area contributed by atoms with E-state index in [0.29, 0.717) is 29.1 Å². The number of hydrazine groups is 1. The van der Waals surface area contributed by atoms with Crippen LogP contribution in [0, 0.1) is 0 Å². The summed E-state index contributed by atoms with van der Waals surface area (Å²) in [6, 6.07) is 9.74. The van der Waals surface area contributed by atoms with Crippen molar-refractivity contribution in [1.29, 1.82) is 0 Å². The molecule has 1 rings (SSSR count). The van der Waals surface area contributed by atoms with Gasteiger partial charge in [-0.3, -0.25) is 0 Å². The van der Waals surface area contributed by atoms with E-state index in [-0.39, 0.29) is 0 Å². The van der Waals surface area contributed by atoms with Gasteiger partial charge in [0.15, 0.2) is 0 Å². The fourth-order valence-corrected chi connectivity index (χ4v) is 2.01. The first kappa shape index (κ1) is 18.3. The Morgan fingerprint density at radius 3 is 2.35 bits per heavy atom. The lowest BCUT2D eigenvalue weighted by atomic mass is 10.1. The van der Waals surface area contributed by atoms with Gasteiger partial charge in [-0.15, -0.1) is 0 Å². The van der Waals surface area contributed by atoms with Crippen molar-refractivity contribution < 1.29 is 19.8 Å². The Morgan fingerprint density at radius 1 is 1.17 bits per heavy atom. The number of hydrogen-bond donors (Lipinski definition) is 3. The first-order valence-corrected chi connectivity index (χ1v) is 7.39. The van der Waals surface area contributed by atoms with E-state index in [0.717, 1.165) is 12.0 Å². The highest BCUT2D eigenvalue weighted by atomic mass is 16.4. The van der Waals surface area contributed by atoms with Crippen LogP contribution >= 0.6 is 0 Å². The third kappa shape index (κ3) is 6.25. The Hall–Kier alpha value is -2.76. The van der Waals surface area contributed by atoms with E-state index >= 15 is 0 Å². The Morgan fingerprint density at radius 2 is 1.83 bits per heavy atom. The minimum absolute atomic E-state index is 0.331. The largest absolute Gasteiger partial charge is 0.464 e. The van der Waals surface area contributed by atoms with E-state index in [1.807, 2.05) is 48.8 Å². The van der Waals surface area contributed by atoms with E-state index in [4.69, 9.17) is 5.11 Å². The van der Waals surface area contributed by atoms with Crippen LogP contribution in [0.15, 0.2) is 53.8 Å². The Balaban J connectivity index is 3.03. The van der Waals surface area contributed by atoms with Crippen molar-refractivity contribution in [2.24, 2.45) is 0 Å². The molecule has 0 radical (unpaired) electrons. The Kier molecular flexibility index (Phi) is 7.39. The third-order valence-corrected chi connectivity index (χ3v) is 3.16. The summed E-state index contributed by atoms with van der Waals surface area (Å²) in [5, 5.41) is 18.7. The lowest BCUT2D eigenvalue weighted by Gasteiger charge is -2.22. The monoisotopic (exact) mass is 318 g/mol. The van der Waals surface area contributed by atoms with Crippen molar-refractivity contribution in [3.05, 3.63) is 59.3 Å². The number of unbranched alkanes of at least 4 members (excludes halogenated alkanes) is 1. The fraction of sp³-hybridized carbons (Fsp3) is 0.294. The van der Waals surface area contributed by atoms with Gasteiger partial charge in [-0.2, -0.15) is 5.01 Å². The van der Waals surface area contributed by atoms with Crippen molar-refractivity contribution in [2.45, 2.75) is 33.1 Å². The summed E-state index contributed by atoms with van der Waals surface area (Å²) < 4.78 is 0. The maximum atomic E-state index is 11.4. The predicted molar refractivity (Wildman–Crippen MR) is 87.9 cm³/mol. The number of rotatable bonds is 6. The van der Waals surface area contributed by atoms with E-state index < -0.39 is 12.2 Å². The van der Waals surface area contributed by atoms with E-state index in [2.05, 4.69) is 0 Å². The summed E-state index contributed by atoms with van der Waals surface area (Å²) in [6.07, 6.45) is 2.92. The maximum absolute atomic E-state index is 11.4. The van der Waals surface area contributed by atoms with E-state index in [1.165, 1.54) is 0 Å². The SMILES string of the molecule is CCC/C=C(\C(C)=C\Cc1ccccc1)N(NC(=O)O)C(=O)O. The number of benzene rings is 1. The number of nitrogens with one attached hydrogen (secondary N) is 1. The van der Waals surface area contributed by atoms with Gasteiger partial charge in [0.2, 0.25) is 0 Å². The van der Waals surface area contributed by atoms with Crippen LogP contribution in [0.3, 0.4) is 0 Å². The fourth-order valence-electron chi connectivity index (χ4n) is 2.01. The molecule has 0 unspecified atom stereocenters. The van der Waals surface area contributed by atoms with E-state index in [9.17, 15) is 14.7 Å². The lowest BCUT2D eigenvalue weighted by molar-refractivity contribution is 0.126.